The van der Waals surface area contributed by atoms with Gasteiger partial charge in [0, 0.05) is 31.9 Å². The summed E-state index contributed by atoms with van der Waals surface area (Å²) in [6, 6.07) is 11.3. The van der Waals surface area contributed by atoms with Crippen molar-refractivity contribution in [2.75, 3.05) is 50.0 Å². The van der Waals surface area contributed by atoms with E-state index in [2.05, 4.69) is 37.8 Å². The maximum absolute atomic E-state index is 9.87. The van der Waals surface area contributed by atoms with Crippen molar-refractivity contribution in [1.29, 1.82) is 10.5 Å². The molecule has 0 saturated carbocycles. The molecule has 9 nitrogen and oxygen atoms in total. The van der Waals surface area contributed by atoms with E-state index in [1.807, 2.05) is 6.07 Å². The van der Waals surface area contributed by atoms with Crippen LogP contribution in [0.2, 0.25) is 5.02 Å². The molecule has 0 unspecified atom stereocenters. The molecule has 1 aliphatic rings. The number of anilines is 3. The number of morpholine rings is 1. The van der Waals surface area contributed by atoms with E-state index in [0.717, 1.165) is 32.8 Å². The molecule has 0 bridgehead atoms. The molecule has 3 aromatic rings. The van der Waals surface area contributed by atoms with Crippen LogP contribution in [0.1, 0.15) is 11.1 Å². The molecule has 30 heavy (non-hydrogen) atoms. The van der Waals surface area contributed by atoms with E-state index < -0.39 is 0 Å². The number of halogens is 1. The minimum atomic E-state index is 0.312. The van der Waals surface area contributed by atoms with E-state index in [1.54, 1.807) is 18.2 Å². The molecule has 1 aromatic carbocycles. The second kappa shape index (κ2) is 8.97. The molecule has 1 saturated heterocycles. The van der Waals surface area contributed by atoms with Crippen LogP contribution in [0.3, 0.4) is 0 Å². The first-order valence-electron chi connectivity index (χ1n) is 9.48. The number of nitriles is 2. The van der Waals surface area contributed by atoms with Crippen molar-refractivity contribution in [3.63, 3.8) is 0 Å². The lowest BCUT2D eigenvalue weighted by Crippen LogP contribution is -2.39. The van der Waals surface area contributed by atoms with Gasteiger partial charge in [0.05, 0.1) is 31.0 Å². The molecule has 0 amide bonds. The molecule has 4 rings (SSSR count). The highest BCUT2D eigenvalue weighted by atomic mass is 35.5. The van der Waals surface area contributed by atoms with Gasteiger partial charge in [-0.3, -0.25) is 4.90 Å². The Morgan fingerprint density at radius 2 is 2.03 bits per heavy atom. The van der Waals surface area contributed by atoms with E-state index in [4.69, 9.17) is 21.6 Å². The molecular weight excluding hydrogens is 404 g/mol. The smallest absolute Gasteiger partial charge is 0.178 e. The van der Waals surface area contributed by atoms with Crippen molar-refractivity contribution < 1.29 is 4.74 Å². The fraction of sp³-hybridized carbons (Fsp3) is 0.300. The Kier molecular flexibility index (Phi) is 5.96. The molecule has 0 radical (unpaired) electrons. The zero-order chi connectivity index (χ0) is 20.9. The summed E-state index contributed by atoms with van der Waals surface area (Å²) in [7, 11) is 0. The number of fused-ring (bicyclic) bond motifs is 1. The van der Waals surface area contributed by atoms with Crippen molar-refractivity contribution in [1.82, 2.24) is 19.5 Å². The Balaban J connectivity index is 1.65. The number of hydrogen-bond donors (Lipinski definition) is 2. The summed E-state index contributed by atoms with van der Waals surface area (Å²) < 4.78 is 6.87. The Labute approximate surface area is 178 Å². The van der Waals surface area contributed by atoms with Gasteiger partial charge in [0.15, 0.2) is 11.5 Å². The number of aromatic nitrogens is 3. The van der Waals surface area contributed by atoms with Crippen LogP contribution in [0.25, 0.3) is 5.65 Å². The summed E-state index contributed by atoms with van der Waals surface area (Å²) >= 11 is 6.27. The Morgan fingerprint density at radius 1 is 1.20 bits per heavy atom. The summed E-state index contributed by atoms with van der Waals surface area (Å²) in [4.78, 5) is 6.81. The van der Waals surface area contributed by atoms with Gasteiger partial charge < -0.3 is 15.4 Å². The van der Waals surface area contributed by atoms with Crippen LogP contribution in [0.5, 0.6) is 0 Å². The molecule has 1 aliphatic heterocycles. The summed E-state index contributed by atoms with van der Waals surface area (Å²) in [5.41, 5.74) is 1.91. The lowest BCUT2D eigenvalue weighted by atomic mass is 10.2. The minimum Gasteiger partial charge on any atom is -0.379 e. The average molecular weight is 423 g/mol. The van der Waals surface area contributed by atoms with Crippen LogP contribution in [0.15, 0.2) is 30.5 Å². The first-order chi connectivity index (χ1) is 14.7. The fourth-order valence-corrected chi connectivity index (χ4v) is 3.44. The standard InChI is InChI=1S/C20H19ClN8O/c21-17-13-25-29-19(26-15-3-1-2-14(10-15)11-22)16(12-23)18(27-20(17)29)24-4-5-28-6-8-30-9-7-28/h1-3,10,13,26H,4-9H2,(H,24,27). The predicted molar refractivity (Wildman–Crippen MR) is 113 cm³/mol. The molecule has 152 valence electrons. The molecule has 0 spiro atoms. The largest absolute Gasteiger partial charge is 0.379 e. The third kappa shape index (κ3) is 4.14. The SMILES string of the molecule is N#Cc1cccc(Nc2c(C#N)c(NCCN3CCOCC3)nc3c(Cl)cnn23)c1. The second-order valence-electron chi connectivity index (χ2n) is 6.72. The highest BCUT2D eigenvalue weighted by molar-refractivity contribution is 6.33. The minimum absolute atomic E-state index is 0.312. The van der Waals surface area contributed by atoms with Crippen molar-refractivity contribution in [3.8, 4) is 12.1 Å². The van der Waals surface area contributed by atoms with Crippen LogP contribution in [0, 0.1) is 22.7 Å². The number of ether oxygens (including phenoxy) is 1. The highest BCUT2D eigenvalue weighted by Crippen LogP contribution is 2.29. The molecule has 2 aromatic heterocycles. The van der Waals surface area contributed by atoms with Crippen LogP contribution >= 0.6 is 11.6 Å². The lowest BCUT2D eigenvalue weighted by Gasteiger charge is -2.26. The summed E-state index contributed by atoms with van der Waals surface area (Å²) in [6.45, 7) is 4.66. The normalized spacial score (nSPS) is 14.2. The monoisotopic (exact) mass is 422 g/mol. The maximum atomic E-state index is 9.87. The van der Waals surface area contributed by atoms with Gasteiger partial charge in [0.25, 0.3) is 0 Å². The van der Waals surface area contributed by atoms with Gasteiger partial charge >= 0.3 is 0 Å². The number of benzene rings is 1. The zero-order valence-corrected chi connectivity index (χ0v) is 16.9. The van der Waals surface area contributed by atoms with Crippen LogP contribution in [-0.4, -0.2) is 58.9 Å². The van der Waals surface area contributed by atoms with Crippen molar-refractivity contribution >= 4 is 34.6 Å². The average Bonchev–Trinajstić information content (AvgIpc) is 3.15. The maximum Gasteiger partial charge on any atom is 0.178 e. The van der Waals surface area contributed by atoms with Gasteiger partial charge in [-0.1, -0.05) is 17.7 Å². The molecule has 10 heteroatoms. The quantitative estimate of drug-likeness (QED) is 0.623. The van der Waals surface area contributed by atoms with Crippen LogP contribution < -0.4 is 10.6 Å². The van der Waals surface area contributed by atoms with Crippen LogP contribution in [0.4, 0.5) is 17.3 Å². The molecule has 0 aliphatic carbocycles. The van der Waals surface area contributed by atoms with Gasteiger partial charge in [-0.05, 0) is 18.2 Å². The van der Waals surface area contributed by atoms with Crippen molar-refractivity contribution in [2.24, 2.45) is 0 Å². The summed E-state index contributed by atoms with van der Waals surface area (Å²) in [5.74, 6) is 0.859. The fourth-order valence-electron chi connectivity index (χ4n) is 3.28. The molecule has 0 atom stereocenters. The Hall–Kier alpha value is -3.37. The molecule has 2 N–H and O–H groups in total. The zero-order valence-electron chi connectivity index (χ0n) is 16.1. The summed E-state index contributed by atoms with van der Waals surface area (Å²) in [5, 5.41) is 30.1. The van der Waals surface area contributed by atoms with Gasteiger partial charge in [-0.15, -0.1) is 0 Å². The first kappa shape index (κ1) is 19.9. The molecular formula is C20H19ClN8O. The third-order valence-electron chi connectivity index (χ3n) is 4.79. The van der Waals surface area contributed by atoms with Crippen molar-refractivity contribution in [3.05, 3.63) is 46.6 Å². The van der Waals surface area contributed by atoms with E-state index in [-0.39, 0.29) is 0 Å². The van der Waals surface area contributed by atoms with E-state index in [9.17, 15) is 5.26 Å². The Bertz CT molecular complexity index is 1140. The van der Waals surface area contributed by atoms with E-state index in [0.29, 0.717) is 45.7 Å². The third-order valence-corrected chi connectivity index (χ3v) is 5.06. The van der Waals surface area contributed by atoms with E-state index in [1.165, 1.54) is 10.7 Å². The number of nitrogens with zero attached hydrogens (tertiary/aromatic N) is 6. The van der Waals surface area contributed by atoms with Gasteiger partial charge in [-0.2, -0.15) is 20.1 Å². The lowest BCUT2D eigenvalue weighted by molar-refractivity contribution is 0.0398. The van der Waals surface area contributed by atoms with Gasteiger partial charge in [0.2, 0.25) is 0 Å². The van der Waals surface area contributed by atoms with E-state index >= 15 is 0 Å². The van der Waals surface area contributed by atoms with Gasteiger partial charge in [-0.25, -0.2) is 4.98 Å². The highest BCUT2D eigenvalue weighted by Gasteiger charge is 2.19. The first-order valence-corrected chi connectivity index (χ1v) is 9.86. The second-order valence-corrected chi connectivity index (χ2v) is 7.13. The number of nitrogens with one attached hydrogen (secondary N) is 2. The number of rotatable bonds is 6. The van der Waals surface area contributed by atoms with Crippen LogP contribution in [-0.2, 0) is 4.74 Å². The summed E-state index contributed by atoms with van der Waals surface area (Å²) in [6.07, 6.45) is 1.49. The predicted octanol–water partition coefficient (Wildman–Crippen LogP) is 2.61. The number of hydrogen-bond acceptors (Lipinski definition) is 8. The molecule has 1 fully saturated rings. The topological polar surface area (TPSA) is 114 Å². The molecule has 3 heterocycles. The van der Waals surface area contributed by atoms with Crippen molar-refractivity contribution in [2.45, 2.75) is 0 Å². The Morgan fingerprint density at radius 3 is 2.80 bits per heavy atom. The van der Waals surface area contributed by atoms with Gasteiger partial charge in [0.1, 0.15) is 22.5 Å².